The van der Waals surface area contributed by atoms with E-state index in [1.807, 2.05) is 4.90 Å². The molecule has 0 N–H and O–H groups in total. The molecule has 1 aliphatic heterocycles. The van der Waals surface area contributed by atoms with Crippen molar-refractivity contribution in [3.8, 4) is 0 Å². The summed E-state index contributed by atoms with van der Waals surface area (Å²) in [7, 11) is 0. The Morgan fingerprint density at radius 1 is 1.12 bits per heavy atom. The second kappa shape index (κ2) is 7.98. The Hall–Kier alpha value is -1.60. The Morgan fingerprint density at radius 3 is 2.29 bits per heavy atom. The van der Waals surface area contributed by atoms with Gasteiger partial charge in [0.1, 0.15) is 0 Å². The fourth-order valence-electron chi connectivity index (χ4n) is 2.82. The average molecular weight is 344 g/mol. The molecule has 1 aromatic carbocycles. The Kier molecular flexibility index (Phi) is 6.23. The lowest BCUT2D eigenvalue weighted by Crippen LogP contribution is -2.45. The molecule has 1 aromatic rings. The molecule has 1 heterocycles. The number of benzene rings is 1. The summed E-state index contributed by atoms with van der Waals surface area (Å²) in [6, 6.07) is 3.70. The van der Waals surface area contributed by atoms with E-state index in [1.54, 1.807) is 6.92 Å². The quantitative estimate of drug-likeness (QED) is 0.769. The van der Waals surface area contributed by atoms with Crippen LogP contribution in [0, 0.1) is 0 Å². The molecule has 0 amide bonds. The van der Waals surface area contributed by atoms with Gasteiger partial charge in [-0.1, -0.05) is 13.0 Å². The van der Waals surface area contributed by atoms with Crippen LogP contribution in [0.1, 0.15) is 35.3 Å². The highest BCUT2D eigenvalue weighted by Gasteiger charge is 2.34. The van der Waals surface area contributed by atoms with Gasteiger partial charge in [-0.2, -0.15) is 13.2 Å². The summed E-state index contributed by atoms with van der Waals surface area (Å²) in [6.07, 6.45) is -4.50. The average Bonchev–Trinajstić information content (AvgIpc) is 2.55. The molecule has 0 bridgehead atoms. The second-order valence-corrected chi connectivity index (χ2v) is 5.80. The smallest absolute Gasteiger partial charge is 0.416 e. The predicted octanol–water partition coefficient (Wildman–Crippen LogP) is 3.02. The minimum atomic E-state index is -4.50. The van der Waals surface area contributed by atoms with Gasteiger partial charge in [-0.05, 0) is 31.2 Å². The van der Waals surface area contributed by atoms with Gasteiger partial charge in [0.05, 0.1) is 17.7 Å². The summed E-state index contributed by atoms with van der Waals surface area (Å²) in [5.74, 6) is -0.730. The van der Waals surface area contributed by atoms with Crippen LogP contribution in [0.15, 0.2) is 18.2 Å². The molecule has 0 radical (unpaired) electrons. The maximum atomic E-state index is 13.4. The molecule has 0 unspecified atom stereocenters. The van der Waals surface area contributed by atoms with Crippen molar-refractivity contribution in [3.63, 3.8) is 0 Å². The number of halogens is 3. The number of nitrogens with zero attached hydrogens (tertiary/aromatic N) is 2. The van der Waals surface area contributed by atoms with E-state index in [2.05, 4.69) is 11.8 Å². The standard InChI is InChI=1S/C17H23F3N2O2/c1-3-21-7-9-22(10-8-21)12-14-6-5-13(16(23)24-4-2)11-15(14)17(18,19)20/h5-6,11H,3-4,7-10,12H2,1-2H3. The number of hydrogen-bond donors (Lipinski definition) is 0. The fraction of sp³-hybridized carbons (Fsp3) is 0.588. The van der Waals surface area contributed by atoms with E-state index in [1.165, 1.54) is 12.1 Å². The zero-order valence-electron chi connectivity index (χ0n) is 14.0. The summed E-state index contributed by atoms with van der Waals surface area (Å²) in [4.78, 5) is 16.0. The van der Waals surface area contributed by atoms with Gasteiger partial charge in [0.2, 0.25) is 0 Å². The van der Waals surface area contributed by atoms with E-state index in [0.29, 0.717) is 0 Å². The van der Waals surface area contributed by atoms with E-state index < -0.39 is 17.7 Å². The van der Waals surface area contributed by atoms with Crippen molar-refractivity contribution < 1.29 is 22.7 Å². The fourth-order valence-corrected chi connectivity index (χ4v) is 2.82. The molecule has 0 saturated carbocycles. The van der Waals surface area contributed by atoms with Crippen molar-refractivity contribution in [1.82, 2.24) is 9.80 Å². The Bertz CT molecular complexity index is 567. The van der Waals surface area contributed by atoms with Crippen LogP contribution < -0.4 is 0 Å². The number of esters is 1. The molecule has 0 atom stereocenters. The first-order chi connectivity index (χ1) is 11.3. The summed E-state index contributed by atoms with van der Waals surface area (Å²) < 4.78 is 44.9. The van der Waals surface area contributed by atoms with Gasteiger partial charge < -0.3 is 9.64 Å². The number of carbonyl (C=O) groups is 1. The van der Waals surface area contributed by atoms with Crippen molar-refractivity contribution in [2.75, 3.05) is 39.3 Å². The maximum absolute atomic E-state index is 13.4. The van der Waals surface area contributed by atoms with Gasteiger partial charge in [0.15, 0.2) is 0 Å². The lowest BCUT2D eigenvalue weighted by atomic mass is 10.0. The van der Waals surface area contributed by atoms with Gasteiger partial charge in [-0.15, -0.1) is 0 Å². The largest absolute Gasteiger partial charge is 0.462 e. The topological polar surface area (TPSA) is 32.8 Å². The molecule has 0 aliphatic carbocycles. The van der Waals surface area contributed by atoms with E-state index in [9.17, 15) is 18.0 Å². The third-order valence-corrected chi connectivity index (χ3v) is 4.23. The van der Waals surface area contributed by atoms with Crippen molar-refractivity contribution in [3.05, 3.63) is 34.9 Å². The van der Waals surface area contributed by atoms with Crippen LogP contribution in [0.2, 0.25) is 0 Å². The lowest BCUT2D eigenvalue weighted by molar-refractivity contribution is -0.138. The number of likely N-dealkylation sites (N-methyl/N-ethyl adjacent to an activating group) is 1. The van der Waals surface area contributed by atoms with Crippen LogP contribution in [-0.2, 0) is 17.5 Å². The van der Waals surface area contributed by atoms with E-state index in [4.69, 9.17) is 4.74 Å². The molecule has 0 aromatic heterocycles. The highest BCUT2D eigenvalue weighted by atomic mass is 19.4. The Labute approximate surface area is 140 Å². The Balaban J connectivity index is 2.18. The number of rotatable bonds is 5. The summed E-state index contributed by atoms with van der Waals surface area (Å²) in [6.45, 7) is 8.21. The SMILES string of the molecule is CCOC(=O)c1ccc(CN2CCN(CC)CC2)c(C(F)(F)F)c1. The van der Waals surface area contributed by atoms with E-state index >= 15 is 0 Å². The molecule has 2 rings (SSSR count). The van der Waals surface area contributed by atoms with E-state index in [-0.39, 0.29) is 24.3 Å². The first kappa shape index (κ1) is 18.7. The first-order valence-electron chi connectivity index (χ1n) is 8.17. The molecular formula is C17H23F3N2O2. The molecule has 0 spiro atoms. The van der Waals surface area contributed by atoms with Crippen LogP contribution in [0.25, 0.3) is 0 Å². The van der Waals surface area contributed by atoms with Gasteiger partial charge >= 0.3 is 12.1 Å². The van der Waals surface area contributed by atoms with Crippen molar-refractivity contribution in [2.45, 2.75) is 26.6 Å². The zero-order valence-corrected chi connectivity index (χ0v) is 14.0. The third kappa shape index (κ3) is 4.70. The van der Waals surface area contributed by atoms with Gasteiger partial charge in [0.25, 0.3) is 0 Å². The highest BCUT2D eigenvalue weighted by molar-refractivity contribution is 5.89. The number of piperazine rings is 1. The first-order valence-corrected chi connectivity index (χ1v) is 8.17. The minimum Gasteiger partial charge on any atom is -0.462 e. The molecule has 24 heavy (non-hydrogen) atoms. The van der Waals surface area contributed by atoms with Crippen molar-refractivity contribution in [1.29, 1.82) is 0 Å². The molecule has 1 fully saturated rings. The maximum Gasteiger partial charge on any atom is 0.416 e. The normalized spacial score (nSPS) is 17.0. The highest BCUT2D eigenvalue weighted by Crippen LogP contribution is 2.33. The summed E-state index contributed by atoms with van der Waals surface area (Å²) in [5, 5.41) is 0. The minimum absolute atomic E-state index is 0.0660. The van der Waals surface area contributed by atoms with Gasteiger partial charge in [-0.25, -0.2) is 4.79 Å². The summed E-state index contributed by atoms with van der Waals surface area (Å²) >= 11 is 0. The van der Waals surface area contributed by atoms with Crippen LogP contribution in [-0.4, -0.2) is 55.1 Å². The lowest BCUT2D eigenvalue weighted by Gasteiger charge is -2.34. The molecule has 7 heteroatoms. The van der Waals surface area contributed by atoms with Crippen LogP contribution in [0.3, 0.4) is 0 Å². The number of ether oxygens (including phenoxy) is 1. The second-order valence-electron chi connectivity index (χ2n) is 5.80. The Morgan fingerprint density at radius 2 is 1.75 bits per heavy atom. The van der Waals surface area contributed by atoms with Crippen molar-refractivity contribution in [2.24, 2.45) is 0 Å². The molecule has 4 nitrogen and oxygen atoms in total. The monoisotopic (exact) mass is 344 g/mol. The van der Waals surface area contributed by atoms with Crippen molar-refractivity contribution >= 4 is 5.97 Å². The van der Waals surface area contributed by atoms with Crippen LogP contribution in [0.4, 0.5) is 13.2 Å². The van der Waals surface area contributed by atoms with Gasteiger partial charge in [0, 0.05) is 32.7 Å². The predicted molar refractivity (Wildman–Crippen MR) is 84.8 cm³/mol. The summed E-state index contributed by atoms with van der Waals surface area (Å²) in [5.41, 5.74) is -0.629. The number of alkyl halides is 3. The molecule has 1 saturated heterocycles. The number of hydrogen-bond acceptors (Lipinski definition) is 4. The molecule has 134 valence electrons. The molecular weight excluding hydrogens is 321 g/mol. The van der Waals surface area contributed by atoms with Crippen LogP contribution in [0.5, 0.6) is 0 Å². The molecule has 1 aliphatic rings. The van der Waals surface area contributed by atoms with Gasteiger partial charge in [-0.3, -0.25) is 4.90 Å². The van der Waals surface area contributed by atoms with Crippen LogP contribution >= 0.6 is 0 Å². The third-order valence-electron chi connectivity index (χ3n) is 4.23. The zero-order chi connectivity index (χ0) is 17.7. The van der Waals surface area contributed by atoms with E-state index in [0.717, 1.165) is 38.8 Å². The number of carbonyl (C=O) groups excluding carboxylic acids is 1.